The largest absolute Gasteiger partial charge is 0.495 e. The average molecular weight is 469 g/mol. The maximum atomic E-state index is 13.8. The Kier molecular flexibility index (Phi) is 6.63. The Labute approximate surface area is 199 Å². The van der Waals surface area contributed by atoms with E-state index in [4.69, 9.17) is 9.47 Å². The summed E-state index contributed by atoms with van der Waals surface area (Å²) >= 11 is 0. The zero-order valence-electron chi connectivity index (χ0n) is 20.2. The van der Waals surface area contributed by atoms with E-state index in [1.165, 1.54) is 22.8 Å². The summed E-state index contributed by atoms with van der Waals surface area (Å²) in [7, 11) is 1.52. The Hall–Kier alpha value is -3.36. The molecule has 1 N–H and O–H groups in total. The summed E-state index contributed by atoms with van der Waals surface area (Å²) in [5.41, 5.74) is -0.559. The normalized spacial score (nSPS) is 24.4. The molecule has 2 heterocycles. The molecular weight excluding hydrogens is 436 g/mol. The van der Waals surface area contributed by atoms with Gasteiger partial charge in [0.1, 0.15) is 17.0 Å². The number of hydrogen-bond donors (Lipinski definition) is 1. The van der Waals surface area contributed by atoms with Gasteiger partial charge in [-0.05, 0) is 57.6 Å². The molecule has 34 heavy (non-hydrogen) atoms. The minimum absolute atomic E-state index is 0.0381. The van der Waals surface area contributed by atoms with E-state index >= 15 is 0 Å². The van der Waals surface area contributed by atoms with Gasteiger partial charge in [0, 0.05) is 12.1 Å². The monoisotopic (exact) mass is 468 g/mol. The second-order valence-electron chi connectivity index (χ2n) is 9.31. The molecule has 2 amide bonds. The highest BCUT2D eigenvalue weighted by atomic mass is 16.5. The van der Waals surface area contributed by atoms with Crippen molar-refractivity contribution in [2.45, 2.75) is 64.6 Å². The molecule has 1 saturated carbocycles. The van der Waals surface area contributed by atoms with Crippen LogP contribution in [0.2, 0.25) is 0 Å². The third kappa shape index (κ3) is 4.26. The molecule has 0 spiro atoms. The van der Waals surface area contributed by atoms with Crippen LogP contribution in [0, 0.1) is 5.92 Å². The topological polar surface area (TPSA) is 103 Å². The second kappa shape index (κ2) is 9.48. The number of esters is 1. The number of nitrogens with zero attached hydrogens (tertiary/aromatic N) is 3. The molecule has 2 aliphatic rings. The number of aromatic nitrogens is 2. The number of fused-ring (bicyclic) bond motifs is 1. The third-order valence-electron chi connectivity index (χ3n) is 6.80. The van der Waals surface area contributed by atoms with E-state index in [0.717, 1.165) is 25.7 Å². The van der Waals surface area contributed by atoms with E-state index < -0.39 is 17.4 Å². The van der Waals surface area contributed by atoms with Gasteiger partial charge in [0.15, 0.2) is 5.69 Å². The Morgan fingerprint density at radius 2 is 1.91 bits per heavy atom. The standard InChI is InChI=1S/C25H32N4O5/c1-5-34-23(31)18-14-20-22(30)29(19-8-6-7-9-21(19)33-4)25(3,15-28(20)27-18)24(32)26-17-12-10-16(2)11-13-17/h6-9,14,16-17H,5,10-13,15H2,1-4H3,(H,26,32)/t16?,17?,25-/m0/s1. The van der Waals surface area contributed by atoms with Crippen LogP contribution >= 0.6 is 0 Å². The molecular formula is C25H32N4O5. The summed E-state index contributed by atoms with van der Waals surface area (Å²) in [5.74, 6) is -0.180. The van der Waals surface area contributed by atoms with Gasteiger partial charge in [-0.3, -0.25) is 19.2 Å². The molecule has 9 heteroatoms. The first-order valence-corrected chi connectivity index (χ1v) is 11.8. The minimum Gasteiger partial charge on any atom is -0.495 e. The summed E-state index contributed by atoms with van der Waals surface area (Å²) in [5, 5.41) is 7.49. The average Bonchev–Trinajstić information content (AvgIpc) is 3.25. The van der Waals surface area contributed by atoms with E-state index in [9.17, 15) is 14.4 Å². The lowest BCUT2D eigenvalue weighted by atomic mass is 9.86. The second-order valence-corrected chi connectivity index (χ2v) is 9.31. The van der Waals surface area contributed by atoms with Crippen molar-refractivity contribution >= 4 is 23.5 Å². The summed E-state index contributed by atoms with van der Waals surface area (Å²) in [6.07, 6.45) is 3.93. The number of nitrogens with one attached hydrogen (secondary N) is 1. The van der Waals surface area contributed by atoms with Crippen LogP contribution in [0.15, 0.2) is 30.3 Å². The molecule has 1 aromatic heterocycles. The van der Waals surface area contributed by atoms with E-state index in [1.54, 1.807) is 38.1 Å². The van der Waals surface area contributed by atoms with Crippen LogP contribution in [0.25, 0.3) is 0 Å². The molecule has 1 aliphatic carbocycles. The number of carbonyl (C=O) groups excluding carboxylic acids is 3. The highest BCUT2D eigenvalue weighted by molar-refractivity contribution is 6.13. The highest BCUT2D eigenvalue weighted by Gasteiger charge is 2.50. The molecule has 0 unspecified atom stereocenters. The molecule has 1 aromatic carbocycles. The molecule has 1 fully saturated rings. The number of ether oxygens (including phenoxy) is 2. The first-order chi connectivity index (χ1) is 16.3. The van der Waals surface area contributed by atoms with Crippen molar-refractivity contribution in [3.05, 3.63) is 41.7 Å². The SMILES string of the molecule is CCOC(=O)c1cc2n(n1)C[C@@](C)(C(=O)NC1CCC(C)CC1)N(c1ccccc1OC)C2=O. The molecule has 182 valence electrons. The van der Waals surface area contributed by atoms with Gasteiger partial charge in [0.2, 0.25) is 5.91 Å². The molecule has 1 atom stereocenters. The lowest BCUT2D eigenvalue weighted by Gasteiger charge is -2.44. The molecule has 1 aliphatic heterocycles. The molecule has 0 saturated heterocycles. The Morgan fingerprint density at radius 3 is 2.59 bits per heavy atom. The van der Waals surface area contributed by atoms with Gasteiger partial charge in [-0.25, -0.2) is 4.79 Å². The number of para-hydroxylation sites is 2. The fourth-order valence-electron chi connectivity index (χ4n) is 4.82. The number of benzene rings is 1. The van der Waals surface area contributed by atoms with Crippen molar-refractivity contribution in [2.75, 3.05) is 18.6 Å². The van der Waals surface area contributed by atoms with Crippen LogP contribution in [-0.4, -0.2) is 52.9 Å². The van der Waals surface area contributed by atoms with Crippen molar-refractivity contribution < 1.29 is 23.9 Å². The molecule has 0 bridgehead atoms. The Bertz CT molecular complexity index is 1090. The molecule has 0 radical (unpaired) electrons. The number of carbonyl (C=O) groups is 3. The molecule has 9 nitrogen and oxygen atoms in total. The number of hydrogen-bond acceptors (Lipinski definition) is 6. The van der Waals surface area contributed by atoms with Gasteiger partial charge in [-0.15, -0.1) is 0 Å². The summed E-state index contributed by atoms with van der Waals surface area (Å²) in [6.45, 7) is 5.94. The fourth-order valence-corrected chi connectivity index (χ4v) is 4.82. The van der Waals surface area contributed by atoms with Crippen molar-refractivity contribution in [1.29, 1.82) is 0 Å². The third-order valence-corrected chi connectivity index (χ3v) is 6.80. The van der Waals surface area contributed by atoms with E-state index in [0.29, 0.717) is 17.4 Å². The number of anilines is 1. The van der Waals surface area contributed by atoms with Crippen molar-refractivity contribution in [3.8, 4) is 5.75 Å². The number of amides is 2. The van der Waals surface area contributed by atoms with E-state index in [2.05, 4.69) is 17.3 Å². The van der Waals surface area contributed by atoms with Crippen LogP contribution in [-0.2, 0) is 16.1 Å². The van der Waals surface area contributed by atoms with Gasteiger partial charge in [-0.1, -0.05) is 19.1 Å². The molecule has 2 aromatic rings. The maximum absolute atomic E-state index is 13.8. The molecule has 4 rings (SSSR count). The van der Waals surface area contributed by atoms with Gasteiger partial charge < -0.3 is 14.8 Å². The van der Waals surface area contributed by atoms with Crippen molar-refractivity contribution in [1.82, 2.24) is 15.1 Å². The van der Waals surface area contributed by atoms with Gasteiger partial charge >= 0.3 is 5.97 Å². The maximum Gasteiger partial charge on any atom is 0.358 e. The first kappa shape index (κ1) is 23.8. The van der Waals surface area contributed by atoms with Crippen LogP contribution in [0.3, 0.4) is 0 Å². The van der Waals surface area contributed by atoms with E-state index in [1.807, 2.05) is 0 Å². The quantitative estimate of drug-likeness (QED) is 0.654. The predicted molar refractivity (Wildman–Crippen MR) is 126 cm³/mol. The van der Waals surface area contributed by atoms with Crippen molar-refractivity contribution in [3.63, 3.8) is 0 Å². The Balaban J connectivity index is 1.75. The highest BCUT2D eigenvalue weighted by Crippen LogP contribution is 2.38. The predicted octanol–water partition coefficient (Wildman–Crippen LogP) is 3.18. The first-order valence-electron chi connectivity index (χ1n) is 11.8. The van der Waals surface area contributed by atoms with Crippen LogP contribution < -0.4 is 15.0 Å². The van der Waals surface area contributed by atoms with E-state index in [-0.39, 0.29) is 36.5 Å². The van der Waals surface area contributed by atoms with Gasteiger partial charge in [-0.2, -0.15) is 5.10 Å². The summed E-state index contributed by atoms with van der Waals surface area (Å²) in [6, 6.07) is 8.58. The van der Waals surface area contributed by atoms with Crippen LogP contribution in [0.5, 0.6) is 5.75 Å². The van der Waals surface area contributed by atoms with Gasteiger partial charge in [0.05, 0.1) is 25.9 Å². The summed E-state index contributed by atoms with van der Waals surface area (Å²) < 4.78 is 12.0. The fraction of sp³-hybridized carbons (Fsp3) is 0.520. The number of methoxy groups -OCH3 is 1. The zero-order chi connectivity index (χ0) is 24.5. The minimum atomic E-state index is -1.29. The lowest BCUT2D eigenvalue weighted by Crippen LogP contribution is -2.65. The van der Waals surface area contributed by atoms with Crippen molar-refractivity contribution in [2.24, 2.45) is 5.92 Å². The lowest BCUT2D eigenvalue weighted by molar-refractivity contribution is -0.127. The Morgan fingerprint density at radius 1 is 1.21 bits per heavy atom. The van der Waals surface area contributed by atoms with Crippen LogP contribution in [0.1, 0.15) is 67.4 Å². The zero-order valence-corrected chi connectivity index (χ0v) is 20.2. The van der Waals surface area contributed by atoms with Gasteiger partial charge in [0.25, 0.3) is 5.91 Å². The number of rotatable bonds is 6. The van der Waals surface area contributed by atoms with Crippen LogP contribution in [0.4, 0.5) is 5.69 Å². The summed E-state index contributed by atoms with van der Waals surface area (Å²) in [4.78, 5) is 41.3. The smallest absolute Gasteiger partial charge is 0.358 e.